The number of nitrogens with one attached hydrogen (secondary N) is 1. The molecule has 24 heavy (non-hydrogen) atoms. The Hall–Kier alpha value is -2.63. The maximum absolute atomic E-state index is 12.3. The van der Waals surface area contributed by atoms with Gasteiger partial charge in [-0.05, 0) is 38.3 Å². The van der Waals surface area contributed by atoms with Gasteiger partial charge in [0.2, 0.25) is 5.91 Å². The average molecular weight is 327 g/mol. The average Bonchev–Trinajstić information content (AvgIpc) is 2.99. The van der Waals surface area contributed by atoms with Crippen molar-refractivity contribution in [2.24, 2.45) is 0 Å². The molecule has 0 unspecified atom stereocenters. The monoisotopic (exact) mass is 327 g/mol. The normalized spacial score (nSPS) is 16.3. The van der Waals surface area contributed by atoms with Gasteiger partial charge in [0.25, 0.3) is 0 Å². The summed E-state index contributed by atoms with van der Waals surface area (Å²) in [5, 5.41) is 7.18. The van der Waals surface area contributed by atoms with E-state index in [1.807, 2.05) is 31.2 Å². The van der Waals surface area contributed by atoms with Crippen LogP contribution in [0.3, 0.4) is 0 Å². The third-order valence-corrected chi connectivity index (χ3v) is 4.38. The molecule has 0 spiro atoms. The van der Waals surface area contributed by atoms with Crippen molar-refractivity contribution in [3.05, 3.63) is 47.3 Å². The molecule has 0 radical (unpaired) electrons. The molecule has 0 saturated heterocycles. The number of hydrogen-bond donors (Lipinski definition) is 1. The number of ether oxygens (including phenoxy) is 1. The van der Waals surface area contributed by atoms with Crippen LogP contribution in [0.25, 0.3) is 0 Å². The summed E-state index contributed by atoms with van der Waals surface area (Å²) in [5.41, 5.74) is 3.74. The van der Waals surface area contributed by atoms with Crippen LogP contribution in [0.2, 0.25) is 0 Å². The molecule has 0 bridgehead atoms. The van der Waals surface area contributed by atoms with Crippen LogP contribution in [0.4, 0.5) is 5.69 Å². The number of rotatable bonds is 4. The standard InChI is InChI=1S/C18H21N3O3/c1-12-6-8-13(9-7-12)20-17(22)11-21-16-5-3-4-14(18(23)24-2)15(16)10-19-21/h6-10,14H,3-5,11H2,1-2H3,(H,20,22)/t14-/m1/s1. The highest BCUT2D eigenvalue weighted by atomic mass is 16.5. The zero-order chi connectivity index (χ0) is 17.1. The van der Waals surface area contributed by atoms with E-state index in [0.29, 0.717) is 0 Å². The van der Waals surface area contributed by atoms with Crippen molar-refractivity contribution < 1.29 is 14.3 Å². The van der Waals surface area contributed by atoms with Gasteiger partial charge in [0.1, 0.15) is 6.54 Å². The Balaban J connectivity index is 1.72. The molecule has 2 aromatic rings. The molecule has 0 fully saturated rings. The summed E-state index contributed by atoms with van der Waals surface area (Å²) in [6.45, 7) is 2.14. The highest BCUT2D eigenvalue weighted by Crippen LogP contribution is 2.32. The maximum atomic E-state index is 12.3. The van der Waals surface area contributed by atoms with Gasteiger partial charge in [0.15, 0.2) is 0 Å². The Morgan fingerprint density at radius 2 is 2.08 bits per heavy atom. The fraction of sp³-hybridized carbons (Fsp3) is 0.389. The number of aryl methyl sites for hydroxylation is 1. The van der Waals surface area contributed by atoms with Crippen LogP contribution in [0.15, 0.2) is 30.5 Å². The zero-order valence-electron chi connectivity index (χ0n) is 13.9. The van der Waals surface area contributed by atoms with Gasteiger partial charge in [-0.25, -0.2) is 0 Å². The third kappa shape index (κ3) is 3.32. The van der Waals surface area contributed by atoms with Crippen molar-refractivity contribution in [2.75, 3.05) is 12.4 Å². The number of hydrogen-bond acceptors (Lipinski definition) is 4. The van der Waals surface area contributed by atoms with Gasteiger partial charge >= 0.3 is 5.97 Å². The first kappa shape index (κ1) is 16.2. The van der Waals surface area contributed by atoms with Gasteiger partial charge in [-0.3, -0.25) is 14.3 Å². The quantitative estimate of drug-likeness (QED) is 0.875. The number of carbonyl (C=O) groups excluding carboxylic acids is 2. The molecule has 0 saturated carbocycles. The summed E-state index contributed by atoms with van der Waals surface area (Å²) >= 11 is 0. The molecule has 1 N–H and O–H groups in total. The summed E-state index contributed by atoms with van der Waals surface area (Å²) in [7, 11) is 1.40. The van der Waals surface area contributed by atoms with Crippen LogP contribution < -0.4 is 5.32 Å². The lowest BCUT2D eigenvalue weighted by atomic mass is 9.87. The fourth-order valence-electron chi connectivity index (χ4n) is 3.12. The Kier molecular flexibility index (Phi) is 4.64. The van der Waals surface area contributed by atoms with E-state index >= 15 is 0 Å². The van der Waals surface area contributed by atoms with E-state index in [4.69, 9.17) is 4.74 Å². The van der Waals surface area contributed by atoms with Crippen LogP contribution >= 0.6 is 0 Å². The van der Waals surface area contributed by atoms with Gasteiger partial charge in [-0.2, -0.15) is 5.10 Å². The highest BCUT2D eigenvalue weighted by molar-refractivity contribution is 5.90. The SMILES string of the molecule is COC(=O)[C@@H]1CCCc2c1cnn2CC(=O)Nc1ccc(C)cc1. The second kappa shape index (κ2) is 6.86. The number of nitrogens with zero attached hydrogens (tertiary/aromatic N) is 2. The van der Waals surface area contributed by atoms with Crippen LogP contribution in [-0.2, 0) is 27.3 Å². The second-order valence-corrected chi connectivity index (χ2v) is 6.09. The van der Waals surface area contributed by atoms with Crippen molar-refractivity contribution in [3.8, 4) is 0 Å². The first-order valence-electron chi connectivity index (χ1n) is 8.07. The molecule has 1 atom stereocenters. The minimum Gasteiger partial charge on any atom is -0.469 e. The lowest BCUT2D eigenvalue weighted by molar-refractivity contribution is -0.142. The molecule has 1 aromatic carbocycles. The first-order chi connectivity index (χ1) is 11.6. The molecule has 1 heterocycles. The Bertz CT molecular complexity index is 749. The van der Waals surface area contributed by atoms with Gasteiger partial charge < -0.3 is 10.1 Å². The summed E-state index contributed by atoms with van der Waals surface area (Å²) < 4.78 is 6.56. The van der Waals surface area contributed by atoms with Gasteiger partial charge in [0.05, 0.1) is 19.2 Å². The van der Waals surface area contributed by atoms with E-state index in [1.54, 1.807) is 10.9 Å². The van der Waals surface area contributed by atoms with E-state index in [9.17, 15) is 9.59 Å². The van der Waals surface area contributed by atoms with E-state index in [2.05, 4.69) is 10.4 Å². The van der Waals surface area contributed by atoms with E-state index in [0.717, 1.165) is 41.8 Å². The smallest absolute Gasteiger partial charge is 0.313 e. The maximum Gasteiger partial charge on any atom is 0.313 e. The van der Waals surface area contributed by atoms with Crippen LogP contribution in [0.1, 0.15) is 35.6 Å². The summed E-state index contributed by atoms with van der Waals surface area (Å²) in [6, 6.07) is 7.65. The molecule has 126 valence electrons. The topological polar surface area (TPSA) is 73.2 Å². The first-order valence-corrected chi connectivity index (χ1v) is 8.07. The lowest BCUT2D eigenvalue weighted by Crippen LogP contribution is -2.24. The van der Waals surface area contributed by atoms with Crippen molar-refractivity contribution >= 4 is 17.6 Å². The Morgan fingerprint density at radius 1 is 1.33 bits per heavy atom. The number of esters is 1. The van der Waals surface area contributed by atoms with Crippen molar-refractivity contribution in [3.63, 3.8) is 0 Å². The third-order valence-electron chi connectivity index (χ3n) is 4.38. The molecule has 6 heteroatoms. The summed E-state index contributed by atoms with van der Waals surface area (Å²) in [6.07, 6.45) is 4.16. The second-order valence-electron chi connectivity index (χ2n) is 6.09. The minimum absolute atomic E-state index is 0.134. The van der Waals surface area contributed by atoms with E-state index < -0.39 is 0 Å². The molecule has 1 aliphatic carbocycles. The number of methoxy groups -OCH3 is 1. The predicted molar refractivity (Wildman–Crippen MR) is 89.7 cm³/mol. The minimum atomic E-state index is -0.271. The van der Waals surface area contributed by atoms with E-state index in [-0.39, 0.29) is 24.3 Å². The number of fused-ring (bicyclic) bond motifs is 1. The van der Waals surface area contributed by atoms with Crippen molar-refractivity contribution in [2.45, 2.75) is 38.6 Å². The fourth-order valence-corrected chi connectivity index (χ4v) is 3.12. The summed E-state index contributed by atoms with van der Waals surface area (Å²) in [4.78, 5) is 24.1. The molecule has 3 rings (SSSR count). The van der Waals surface area contributed by atoms with Crippen molar-refractivity contribution in [1.29, 1.82) is 0 Å². The number of benzene rings is 1. The molecule has 1 amide bonds. The van der Waals surface area contributed by atoms with Gasteiger partial charge in [-0.15, -0.1) is 0 Å². The van der Waals surface area contributed by atoms with Crippen LogP contribution in [0, 0.1) is 6.92 Å². The number of aromatic nitrogens is 2. The lowest BCUT2D eigenvalue weighted by Gasteiger charge is -2.21. The van der Waals surface area contributed by atoms with Crippen LogP contribution in [-0.4, -0.2) is 28.8 Å². The van der Waals surface area contributed by atoms with E-state index in [1.165, 1.54) is 7.11 Å². The highest BCUT2D eigenvalue weighted by Gasteiger charge is 2.30. The van der Waals surface area contributed by atoms with Crippen LogP contribution in [0.5, 0.6) is 0 Å². The predicted octanol–water partition coefficient (Wildman–Crippen LogP) is 2.42. The molecule has 0 aliphatic heterocycles. The molecule has 1 aromatic heterocycles. The molecule has 1 aliphatic rings. The zero-order valence-corrected chi connectivity index (χ0v) is 13.9. The number of carbonyl (C=O) groups is 2. The van der Waals surface area contributed by atoms with Gasteiger partial charge in [0, 0.05) is 16.9 Å². The number of amides is 1. The molecular formula is C18H21N3O3. The van der Waals surface area contributed by atoms with Crippen molar-refractivity contribution in [1.82, 2.24) is 9.78 Å². The molecular weight excluding hydrogens is 306 g/mol. The van der Waals surface area contributed by atoms with Gasteiger partial charge in [-0.1, -0.05) is 17.7 Å². The Morgan fingerprint density at radius 3 is 2.79 bits per heavy atom. The number of anilines is 1. The Labute approximate surface area is 140 Å². The summed E-state index contributed by atoms with van der Waals surface area (Å²) in [5.74, 6) is -0.641. The molecule has 6 nitrogen and oxygen atoms in total. The largest absolute Gasteiger partial charge is 0.469 e.